The van der Waals surface area contributed by atoms with Crippen molar-refractivity contribution in [2.75, 3.05) is 13.1 Å². The molecule has 0 fully saturated rings. The molecule has 4 N–H and O–H groups in total. The first kappa shape index (κ1) is 18.6. The first-order chi connectivity index (χ1) is 12.1. The molecule has 0 unspecified atom stereocenters. The van der Waals surface area contributed by atoms with Crippen molar-refractivity contribution in [3.05, 3.63) is 71.0 Å². The van der Waals surface area contributed by atoms with Crippen LogP contribution in [-0.4, -0.2) is 24.9 Å². The van der Waals surface area contributed by atoms with Crippen LogP contribution in [0.2, 0.25) is 0 Å². The molecule has 0 atom stereocenters. The van der Waals surface area contributed by atoms with E-state index in [1.807, 2.05) is 12.1 Å². The molecule has 0 aliphatic heterocycles. The van der Waals surface area contributed by atoms with Gasteiger partial charge in [0.1, 0.15) is 5.82 Å². The van der Waals surface area contributed by atoms with E-state index in [1.54, 1.807) is 24.3 Å². The number of nitrogens with two attached hydrogens (primary N) is 1. The summed E-state index contributed by atoms with van der Waals surface area (Å²) < 4.78 is 12.8. The fourth-order valence-corrected chi connectivity index (χ4v) is 2.26. The van der Waals surface area contributed by atoms with Gasteiger partial charge in [0.15, 0.2) is 0 Å². The van der Waals surface area contributed by atoms with Gasteiger partial charge in [0.05, 0.1) is 6.42 Å². The second kappa shape index (κ2) is 9.54. The first-order valence-electron chi connectivity index (χ1n) is 8.17. The Morgan fingerprint density at radius 3 is 2.12 bits per heavy atom. The van der Waals surface area contributed by atoms with Crippen LogP contribution in [0.1, 0.15) is 27.9 Å². The van der Waals surface area contributed by atoms with Crippen LogP contribution in [0.3, 0.4) is 0 Å². The normalized spacial score (nSPS) is 10.3. The van der Waals surface area contributed by atoms with Crippen molar-refractivity contribution in [3.8, 4) is 0 Å². The van der Waals surface area contributed by atoms with Gasteiger partial charge >= 0.3 is 0 Å². The van der Waals surface area contributed by atoms with Crippen LogP contribution in [0, 0.1) is 5.82 Å². The minimum Gasteiger partial charge on any atom is -0.356 e. The molecule has 0 aliphatic rings. The Morgan fingerprint density at radius 1 is 0.880 bits per heavy atom. The van der Waals surface area contributed by atoms with Crippen LogP contribution >= 0.6 is 0 Å². The van der Waals surface area contributed by atoms with Crippen molar-refractivity contribution < 1.29 is 14.0 Å². The molecule has 0 bridgehead atoms. The van der Waals surface area contributed by atoms with Crippen molar-refractivity contribution in [2.24, 2.45) is 5.73 Å². The third-order valence-corrected chi connectivity index (χ3v) is 3.69. The van der Waals surface area contributed by atoms with E-state index in [9.17, 15) is 14.0 Å². The van der Waals surface area contributed by atoms with Crippen molar-refractivity contribution in [3.63, 3.8) is 0 Å². The molecule has 2 rings (SSSR count). The van der Waals surface area contributed by atoms with Crippen LogP contribution < -0.4 is 16.4 Å². The number of carbonyl (C=O) groups excluding carboxylic acids is 2. The molecule has 2 aromatic carbocycles. The molecule has 6 heteroatoms. The summed E-state index contributed by atoms with van der Waals surface area (Å²) in [6, 6.07) is 13.0. The maximum Gasteiger partial charge on any atom is 0.251 e. The highest BCUT2D eigenvalue weighted by atomic mass is 19.1. The predicted molar refractivity (Wildman–Crippen MR) is 94.4 cm³/mol. The summed E-state index contributed by atoms with van der Waals surface area (Å²) in [6.45, 7) is 1.38. The zero-order valence-electron chi connectivity index (χ0n) is 13.9. The number of rotatable bonds is 8. The number of hydrogen-bond acceptors (Lipinski definition) is 3. The van der Waals surface area contributed by atoms with Crippen molar-refractivity contribution in [2.45, 2.75) is 19.4 Å². The molecule has 0 heterocycles. The third-order valence-electron chi connectivity index (χ3n) is 3.69. The monoisotopic (exact) mass is 343 g/mol. The van der Waals surface area contributed by atoms with Crippen LogP contribution in [0.4, 0.5) is 4.39 Å². The Hall–Kier alpha value is -2.73. The van der Waals surface area contributed by atoms with E-state index in [1.165, 1.54) is 12.1 Å². The van der Waals surface area contributed by atoms with E-state index >= 15 is 0 Å². The highest BCUT2D eigenvalue weighted by molar-refractivity contribution is 5.94. The molecule has 0 aliphatic carbocycles. The van der Waals surface area contributed by atoms with Gasteiger partial charge in [0.25, 0.3) is 5.91 Å². The Bertz CT molecular complexity index is 700. The van der Waals surface area contributed by atoms with Gasteiger partial charge in [-0.3, -0.25) is 9.59 Å². The summed E-state index contributed by atoms with van der Waals surface area (Å²) in [4.78, 5) is 23.7. The molecule has 0 radical (unpaired) electrons. The molecule has 0 saturated carbocycles. The summed E-state index contributed by atoms with van der Waals surface area (Å²) in [5, 5.41) is 5.58. The zero-order chi connectivity index (χ0) is 18.1. The number of hydrogen-bond donors (Lipinski definition) is 3. The number of halogens is 1. The Balaban J connectivity index is 1.62. The van der Waals surface area contributed by atoms with E-state index < -0.39 is 0 Å². The minimum atomic E-state index is -0.322. The van der Waals surface area contributed by atoms with Gasteiger partial charge in [0, 0.05) is 25.2 Å². The van der Waals surface area contributed by atoms with Gasteiger partial charge < -0.3 is 16.4 Å². The highest BCUT2D eigenvalue weighted by Crippen LogP contribution is 2.04. The van der Waals surface area contributed by atoms with Crippen LogP contribution in [0.15, 0.2) is 48.5 Å². The first-order valence-corrected chi connectivity index (χ1v) is 8.17. The van der Waals surface area contributed by atoms with Crippen LogP contribution in [0.25, 0.3) is 0 Å². The van der Waals surface area contributed by atoms with Crippen LogP contribution in [-0.2, 0) is 17.8 Å². The fraction of sp³-hybridized carbons (Fsp3) is 0.263. The zero-order valence-corrected chi connectivity index (χ0v) is 13.9. The van der Waals surface area contributed by atoms with E-state index in [4.69, 9.17) is 5.73 Å². The SMILES string of the molecule is NCc1ccc(C(=O)NCCCNC(=O)Cc2ccc(F)cc2)cc1. The van der Waals surface area contributed by atoms with Gasteiger partial charge in [-0.15, -0.1) is 0 Å². The second-order valence-electron chi connectivity index (χ2n) is 5.66. The largest absolute Gasteiger partial charge is 0.356 e. The average Bonchev–Trinajstić information content (AvgIpc) is 2.63. The Morgan fingerprint density at radius 2 is 1.48 bits per heavy atom. The molecular formula is C19H22FN3O2. The van der Waals surface area contributed by atoms with Crippen LogP contribution in [0.5, 0.6) is 0 Å². The number of amides is 2. The van der Waals surface area contributed by atoms with E-state index in [0.29, 0.717) is 31.6 Å². The Kier molecular flexibility index (Phi) is 7.10. The minimum absolute atomic E-state index is 0.129. The molecule has 5 nitrogen and oxygen atoms in total. The number of carbonyl (C=O) groups is 2. The topological polar surface area (TPSA) is 84.2 Å². The van der Waals surface area contributed by atoms with E-state index in [-0.39, 0.29) is 24.1 Å². The van der Waals surface area contributed by atoms with Crippen molar-refractivity contribution in [1.82, 2.24) is 10.6 Å². The molecule has 25 heavy (non-hydrogen) atoms. The summed E-state index contributed by atoms with van der Waals surface area (Å²) in [5.74, 6) is -0.603. The van der Waals surface area contributed by atoms with Gasteiger partial charge in [-0.1, -0.05) is 24.3 Å². The average molecular weight is 343 g/mol. The fourth-order valence-electron chi connectivity index (χ4n) is 2.26. The summed E-state index contributed by atoms with van der Waals surface area (Å²) in [7, 11) is 0. The Labute approximate surface area is 146 Å². The molecule has 2 amide bonds. The quantitative estimate of drug-likeness (QED) is 0.639. The van der Waals surface area contributed by atoms with Gasteiger partial charge in [-0.2, -0.15) is 0 Å². The van der Waals surface area contributed by atoms with Crippen molar-refractivity contribution in [1.29, 1.82) is 0 Å². The molecule has 132 valence electrons. The maximum atomic E-state index is 12.8. The molecular weight excluding hydrogens is 321 g/mol. The molecule has 0 saturated heterocycles. The molecule has 0 aromatic heterocycles. The number of benzene rings is 2. The summed E-state index contributed by atoms with van der Waals surface area (Å²) >= 11 is 0. The third kappa shape index (κ3) is 6.35. The maximum absolute atomic E-state index is 12.8. The lowest BCUT2D eigenvalue weighted by Gasteiger charge is -2.07. The van der Waals surface area contributed by atoms with Crippen molar-refractivity contribution >= 4 is 11.8 Å². The highest BCUT2D eigenvalue weighted by Gasteiger charge is 2.05. The van der Waals surface area contributed by atoms with Gasteiger partial charge in [-0.05, 0) is 41.8 Å². The second-order valence-corrected chi connectivity index (χ2v) is 5.66. The number of nitrogens with one attached hydrogen (secondary N) is 2. The van der Waals surface area contributed by atoms with E-state index in [0.717, 1.165) is 11.1 Å². The van der Waals surface area contributed by atoms with Gasteiger partial charge in [0.2, 0.25) is 5.91 Å². The lowest BCUT2D eigenvalue weighted by atomic mass is 10.1. The predicted octanol–water partition coefficient (Wildman–Crippen LogP) is 1.76. The standard InChI is InChI=1S/C19H22FN3O2/c20-17-8-4-14(5-9-17)12-18(24)22-10-1-11-23-19(25)16-6-2-15(13-21)3-7-16/h2-9H,1,10-13,21H2,(H,22,24)(H,23,25). The molecule has 0 spiro atoms. The lowest BCUT2D eigenvalue weighted by Crippen LogP contribution is -2.30. The lowest BCUT2D eigenvalue weighted by molar-refractivity contribution is -0.120. The summed E-state index contributed by atoms with van der Waals surface area (Å²) in [5.41, 5.74) is 7.83. The molecule has 2 aromatic rings. The smallest absolute Gasteiger partial charge is 0.251 e. The van der Waals surface area contributed by atoms with E-state index in [2.05, 4.69) is 10.6 Å². The summed E-state index contributed by atoms with van der Waals surface area (Å²) in [6.07, 6.45) is 0.835. The van der Waals surface area contributed by atoms with Gasteiger partial charge in [-0.25, -0.2) is 4.39 Å².